The van der Waals surface area contributed by atoms with Crippen LogP contribution in [-0.4, -0.2) is 50.8 Å². The van der Waals surface area contributed by atoms with E-state index in [4.69, 9.17) is 15.7 Å². The van der Waals surface area contributed by atoms with Crippen molar-refractivity contribution in [1.29, 1.82) is 0 Å². The van der Waals surface area contributed by atoms with Crippen LogP contribution in [0.5, 0.6) is 0 Å². The molecule has 0 radical (unpaired) electrons. The van der Waals surface area contributed by atoms with E-state index in [0.29, 0.717) is 11.7 Å². The molecule has 2 atom stereocenters. The summed E-state index contributed by atoms with van der Waals surface area (Å²) in [5.74, 6) is 1.66. The Morgan fingerprint density at radius 1 is 1.21 bits per heavy atom. The third-order valence-corrected chi connectivity index (χ3v) is 6.09. The summed E-state index contributed by atoms with van der Waals surface area (Å²) in [6, 6.07) is 4.56. The number of anilines is 3. The van der Waals surface area contributed by atoms with Crippen LogP contribution >= 0.6 is 0 Å². The number of aryl methyl sites for hydroxylation is 1. The third kappa shape index (κ3) is 2.88. The van der Waals surface area contributed by atoms with Gasteiger partial charge in [-0.3, -0.25) is 10.1 Å². The zero-order valence-corrected chi connectivity index (χ0v) is 16.2. The minimum absolute atomic E-state index is 0.186. The average Bonchev–Trinajstić information content (AvgIpc) is 3.16. The number of likely N-dealkylation sites (N-methyl/N-ethyl adjacent to an activating group) is 1. The van der Waals surface area contributed by atoms with Crippen LogP contribution in [0.2, 0.25) is 0 Å². The minimum atomic E-state index is 0.186. The quantitative estimate of drug-likeness (QED) is 0.722. The second kappa shape index (κ2) is 7.01. The van der Waals surface area contributed by atoms with E-state index in [2.05, 4.69) is 38.1 Å². The molecule has 1 fully saturated rings. The zero-order chi connectivity index (χ0) is 19.1. The van der Waals surface area contributed by atoms with E-state index in [0.717, 1.165) is 60.8 Å². The number of fused-ring (bicyclic) bond motifs is 2. The number of aromatic amines is 1. The molecule has 0 amide bonds. The molecule has 1 aliphatic heterocycles. The molecule has 0 spiro atoms. The van der Waals surface area contributed by atoms with E-state index < -0.39 is 0 Å². The number of hydrogen-bond donors (Lipinski definition) is 2. The Labute approximate surface area is 164 Å². The summed E-state index contributed by atoms with van der Waals surface area (Å²) in [5.41, 5.74) is 10.1. The molecule has 4 heterocycles. The molecule has 0 unspecified atom stereocenters. The van der Waals surface area contributed by atoms with Gasteiger partial charge in [-0.1, -0.05) is 12.8 Å². The fourth-order valence-electron chi connectivity index (χ4n) is 4.54. The Morgan fingerprint density at radius 3 is 3.00 bits per heavy atom. The fraction of sp³-hybridized carbons (Fsp3) is 0.500. The highest BCUT2D eigenvalue weighted by molar-refractivity contribution is 5.87. The average molecular weight is 378 g/mol. The smallest absolute Gasteiger partial charge is 0.183 e. The maximum absolute atomic E-state index is 6.35. The van der Waals surface area contributed by atoms with E-state index in [-0.39, 0.29) is 6.04 Å². The number of nitrogens with two attached hydrogens (primary N) is 1. The Balaban J connectivity index is 1.48. The van der Waals surface area contributed by atoms with Crippen molar-refractivity contribution in [2.24, 2.45) is 5.73 Å². The van der Waals surface area contributed by atoms with Crippen LogP contribution in [0.25, 0.3) is 11.2 Å². The maximum atomic E-state index is 6.35. The van der Waals surface area contributed by atoms with Crippen LogP contribution in [0.15, 0.2) is 24.5 Å². The normalized spacial score (nSPS) is 22.3. The molecule has 1 aliphatic carbocycles. The summed E-state index contributed by atoms with van der Waals surface area (Å²) in [6.07, 6.45) is 10.3. The second-order valence-corrected chi connectivity index (χ2v) is 7.82. The highest BCUT2D eigenvalue weighted by Gasteiger charge is 2.28. The molecule has 0 saturated heterocycles. The SMILES string of the molecule is CN(c1cnc2c(N3CCCc4ncccc43)n[nH]c2n1)[C@H]1CCCC[C@H]1N. The van der Waals surface area contributed by atoms with Crippen LogP contribution in [0.4, 0.5) is 17.3 Å². The van der Waals surface area contributed by atoms with Crippen molar-refractivity contribution in [3.63, 3.8) is 0 Å². The largest absolute Gasteiger partial charge is 0.354 e. The first kappa shape index (κ1) is 17.4. The molecule has 146 valence electrons. The van der Waals surface area contributed by atoms with Crippen molar-refractivity contribution in [2.75, 3.05) is 23.4 Å². The Bertz CT molecular complexity index is 983. The van der Waals surface area contributed by atoms with E-state index in [9.17, 15) is 0 Å². The Morgan fingerprint density at radius 2 is 2.11 bits per heavy atom. The lowest BCUT2D eigenvalue weighted by Crippen LogP contribution is -2.48. The Hall–Kier alpha value is -2.74. The molecule has 3 aromatic heterocycles. The van der Waals surface area contributed by atoms with Gasteiger partial charge in [0.15, 0.2) is 17.0 Å². The van der Waals surface area contributed by atoms with Gasteiger partial charge in [-0.05, 0) is 37.8 Å². The molecular weight excluding hydrogens is 352 g/mol. The van der Waals surface area contributed by atoms with Crippen LogP contribution in [0.3, 0.4) is 0 Å². The first-order chi connectivity index (χ1) is 13.7. The van der Waals surface area contributed by atoms with Crippen LogP contribution in [0, 0.1) is 0 Å². The van der Waals surface area contributed by atoms with Crippen molar-refractivity contribution < 1.29 is 0 Å². The molecule has 0 aromatic carbocycles. The number of aromatic nitrogens is 5. The molecule has 8 nitrogen and oxygen atoms in total. The van der Waals surface area contributed by atoms with Crippen LogP contribution in [-0.2, 0) is 6.42 Å². The van der Waals surface area contributed by atoms with Crippen molar-refractivity contribution in [2.45, 2.75) is 50.6 Å². The number of H-pyrrole nitrogens is 1. The van der Waals surface area contributed by atoms with Gasteiger partial charge < -0.3 is 15.5 Å². The number of rotatable bonds is 3. The summed E-state index contributed by atoms with van der Waals surface area (Å²) in [7, 11) is 2.07. The van der Waals surface area contributed by atoms with Gasteiger partial charge in [-0.25, -0.2) is 9.97 Å². The third-order valence-electron chi connectivity index (χ3n) is 6.09. The zero-order valence-electron chi connectivity index (χ0n) is 16.2. The van der Waals surface area contributed by atoms with Crippen LogP contribution < -0.4 is 15.5 Å². The summed E-state index contributed by atoms with van der Waals surface area (Å²) in [4.78, 5) is 18.4. The van der Waals surface area contributed by atoms with Gasteiger partial charge in [-0.15, -0.1) is 0 Å². The standard InChI is InChI=1S/C20H26N8/c1-27(15-8-3-2-6-13(15)21)17-12-23-18-19(24-17)25-26-20(18)28-11-5-7-14-16(28)9-4-10-22-14/h4,9-10,12-13,15H,2-3,5-8,11,21H2,1H3,(H,24,25,26)/t13-,15+/m1/s1. The molecule has 3 N–H and O–H groups in total. The van der Waals surface area contributed by atoms with E-state index in [1.165, 1.54) is 12.8 Å². The highest BCUT2D eigenvalue weighted by atomic mass is 15.3. The lowest BCUT2D eigenvalue weighted by Gasteiger charge is -2.36. The number of hydrogen-bond acceptors (Lipinski definition) is 7. The maximum Gasteiger partial charge on any atom is 0.183 e. The topological polar surface area (TPSA) is 99.9 Å². The van der Waals surface area contributed by atoms with Crippen LogP contribution in [0.1, 0.15) is 37.8 Å². The molecule has 5 rings (SSSR count). The molecule has 8 heteroatoms. The van der Waals surface area contributed by atoms with Gasteiger partial charge in [0.25, 0.3) is 0 Å². The molecule has 2 aliphatic rings. The first-order valence-electron chi connectivity index (χ1n) is 10.1. The van der Waals surface area contributed by atoms with Crippen molar-refractivity contribution >= 4 is 28.5 Å². The lowest BCUT2D eigenvalue weighted by molar-refractivity contribution is 0.372. The van der Waals surface area contributed by atoms with Crippen molar-refractivity contribution in [3.8, 4) is 0 Å². The highest BCUT2D eigenvalue weighted by Crippen LogP contribution is 2.34. The molecule has 0 bridgehead atoms. The van der Waals surface area contributed by atoms with Gasteiger partial charge in [0, 0.05) is 31.9 Å². The Kier molecular flexibility index (Phi) is 4.35. The molecule has 28 heavy (non-hydrogen) atoms. The van der Waals surface area contributed by atoms with Gasteiger partial charge >= 0.3 is 0 Å². The number of nitrogens with zero attached hydrogens (tertiary/aromatic N) is 6. The molecular formula is C20H26N8. The summed E-state index contributed by atoms with van der Waals surface area (Å²) < 4.78 is 0. The van der Waals surface area contributed by atoms with Crippen molar-refractivity contribution in [1.82, 2.24) is 25.1 Å². The van der Waals surface area contributed by atoms with Gasteiger partial charge in [-0.2, -0.15) is 5.10 Å². The fourth-order valence-corrected chi connectivity index (χ4v) is 4.54. The monoisotopic (exact) mass is 378 g/mol. The second-order valence-electron chi connectivity index (χ2n) is 7.82. The number of nitrogens with one attached hydrogen (secondary N) is 1. The molecule has 3 aromatic rings. The predicted octanol–water partition coefficient (Wildman–Crippen LogP) is 2.54. The van der Waals surface area contributed by atoms with Crippen molar-refractivity contribution in [3.05, 3.63) is 30.2 Å². The predicted molar refractivity (Wildman–Crippen MR) is 110 cm³/mol. The van der Waals surface area contributed by atoms with Gasteiger partial charge in [0.2, 0.25) is 0 Å². The van der Waals surface area contributed by atoms with Gasteiger partial charge in [0.05, 0.1) is 17.6 Å². The van der Waals surface area contributed by atoms with Gasteiger partial charge in [0.1, 0.15) is 5.82 Å². The first-order valence-corrected chi connectivity index (χ1v) is 10.1. The summed E-state index contributed by atoms with van der Waals surface area (Å²) in [6.45, 7) is 0.902. The minimum Gasteiger partial charge on any atom is -0.354 e. The molecule has 1 saturated carbocycles. The number of pyridine rings is 1. The van der Waals surface area contributed by atoms with E-state index in [1.54, 1.807) is 0 Å². The van der Waals surface area contributed by atoms with E-state index >= 15 is 0 Å². The summed E-state index contributed by atoms with van der Waals surface area (Å²) >= 11 is 0. The van der Waals surface area contributed by atoms with E-state index in [1.807, 2.05) is 18.5 Å². The lowest BCUT2D eigenvalue weighted by atomic mass is 9.90. The summed E-state index contributed by atoms with van der Waals surface area (Å²) in [5, 5.41) is 7.63.